The maximum atomic E-state index is 14.0. The molecule has 0 spiro atoms. The fourth-order valence-corrected chi connectivity index (χ4v) is 7.30. The van der Waals surface area contributed by atoms with Gasteiger partial charge in [-0.15, -0.1) is 0 Å². The highest BCUT2D eigenvalue weighted by atomic mass is 19.4. The molecule has 1 aliphatic carbocycles. The van der Waals surface area contributed by atoms with Crippen LogP contribution < -0.4 is 21.3 Å². The van der Waals surface area contributed by atoms with Crippen LogP contribution in [-0.2, 0) is 49.4 Å². The van der Waals surface area contributed by atoms with Gasteiger partial charge in [0.15, 0.2) is 6.10 Å². The SMILES string of the molecule is CC(C)(CC(=O)N[C@@H](Cc1ccccc1)C(=O)NC1COC(=O)CCCC(CN2CCOCC2)OC(=O)[C@H](O)C(CC2CCCCC2)NC1=O)NC(=O)C(F)(F)F. The number of amides is 4. The molecule has 3 fully saturated rings. The van der Waals surface area contributed by atoms with E-state index in [1.807, 2.05) is 0 Å². The Morgan fingerprint density at radius 3 is 2.33 bits per heavy atom. The number of nitrogens with one attached hydrogen (secondary N) is 4. The van der Waals surface area contributed by atoms with E-state index >= 15 is 0 Å². The number of nitrogens with zero attached hydrogens (tertiary/aromatic N) is 1. The minimum absolute atomic E-state index is 0.0797. The molecule has 318 valence electrons. The summed E-state index contributed by atoms with van der Waals surface area (Å²) in [6, 6.07) is 4.43. The minimum Gasteiger partial charge on any atom is -0.463 e. The first-order chi connectivity index (χ1) is 27.0. The van der Waals surface area contributed by atoms with Crippen LogP contribution in [0.1, 0.15) is 83.6 Å². The number of benzene rings is 1. The van der Waals surface area contributed by atoms with Crippen LogP contribution in [0, 0.1) is 5.92 Å². The zero-order valence-corrected chi connectivity index (χ0v) is 32.6. The number of cyclic esters (lactones) is 2. The third-order valence-electron chi connectivity index (χ3n) is 10.3. The lowest BCUT2D eigenvalue weighted by atomic mass is 9.83. The van der Waals surface area contributed by atoms with E-state index in [0.717, 1.165) is 32.1 Å². The normalized spacial score (nSPS) is 24.5. The molecular formula is C39H56F3N5O10. The summed E-state index contributed by atoms with van der Waals surface area (Å²) in [5.41, 5.74) is -1.08. The molecule has 5 N–H and O–H groups in total. The number of halogens is 3. The van der Waals surface area contributed by atoms with Gasteiger partial charge in [-0.25, -0.2) is 4.79 Å². The van der Waals surface area contributed by atoms with E-state index in [9.17, 15) is 47.0 Å². The van der Waals surface area contributed by atoms with Crippen molar-refractivity contribution in [2.45, 2.75) is 127 Å². The number of alkyl halides is 3. The topological polar surface area (TPSA) is 202 Å². The molecule has 1 aromatic rings. The maximum Gasteiger partial charge on any atom is 0.471 e. The standard InChI is InChI=1S/C39H56F3N5O10/c1-38(2,46-37(54)39(40,41)42)22-31(48)43-29(21-26-12-7-4-8-13-26)34(51)45-30-24-56-32(49)15-9-14-27(23-47-16-18-55-19-17-47)57-36(53)33(50)28(44-35(30)52)20-25-10-5-3-6-11-25/h4,7-8,12-13,25,27-30,33,50H,3,5-6,9-11,14-24H2,1-2H3,(H,43,48)(H,44,52)(H,45,51)(H,46,54)/t27?,28?,29-,30?,33+/m0/s1. The van der Waals surface area contributed by atoms with E-state index in [0.29, 0.717) is 44.8 Å². The molecule has 4 rings (SSSR count). The molecule has 5 atom stereocenters. The van der Waals surface area contributed by atoms with E-state index in [1.54, 1.807) is 35.6 Å². The molecule has 2 aliphatic heterocycles. The van der Waals surface area contributed by atoms with Gasteiger partial charge < -0.3 is 40.6 Å². The maximum absolute atomic E-state index is 14.0. The molecule has 0 radical (unpaired) electrons. The number of hydrogen-bond donors (Lipinski definition) is 5. The number of carbonyl (C=O) groups is 6. The van der Waals surface area contributed by atoms with Crippen LogP contribution in [0.15, 0.2) is 30.3 Å². The Labute approximate surface area is 330 Å². The van der Waals surface area contributed by atoms with Crippen LogP contribution in [0.5, 0.6) is 0 Å². The van der Waals surface area contributed by atoms with Gasteiger partial charge in [0.25, 0.3) is 0 Å². The summed E-state index contributed by atoms with van der Waals surface area (Å²) in [5, 5.41) is 21.0. The molecule has 3 aliphatic rings. The number of esters is 2. The fourth-order valence-electron chi connectivity index (χ4n) is 7.30. The van der Waals surface area contributed by atoms with Gasteiger partial charge in [-0.05, 0) is 44.6 Å². The van der Waals surface area contributed by atoms with Crippen molar-refractivity contribution in [2.24, 2.45) is 5.92 Å². The average molecular weight is 812 g/mol. The van der Waals surface area contributed by atoms with E-state index in [2.05, 4.69) is 20.9 Å². The van der Waals surface area contributed by atoms with Gasteiger partial charge in [-0.1, -0.05) is 62.4 Å². The van der Waals surface area contributed by atoms with Gasteiger partial charge in [0.1, 0.15) is 24.8 Å². The summed E-state index contributed by atoms with van der Waals surface area (Å²) in [6.45, 7) is 4.47. The summed E-state index contributed by atoms with van der Waals surface area (Å²) in [5.74, 6) is -6.39. The smallest absolute Gasteiger partial charge is 0.463 e. The fraction of sp³-hybridized carbons (Fsp3) is 0.692. The molecule has 57 heavy (non-hydrogen) atoms. The Bertz CT molecular complexity index is 1520. The van der Waals surface area contributed by atoms with E-state index in [4.69, 9.17) is 14.2 Å². The summed E-state index contributed by atoms with van der Waals surface area (Å²) >= 11 is 0. The zero-order chi connectivity index (χ0) is 41.6. The van der Waals surface area contributed by atoms with Crippen LogP contribution in [-0.4, -0.2) is 127 Å². The highest BCUT2D eigenvalue weighted by molar-refractivity contribution is 5.93. The van der Waals surface area contributed by atoms with Gasteiger partial charge in [0.2, 0.25) is 17.7 Å². The number of morpholine rings is 1. The molecule has 3 unspecified atom stereocenters. The van der Waals surface area contributed by atoms with Gasteiger partial charge in [-0.2, -0.15) is 13.2 Å². The predicted octanol–water partition coefficient (Wildman–Crippen LogP) is 1.83. The summed E-state index contributed by atoms with van der Waals surface area (Å²) in [6.07, 6.45) is -3.06. The molecule has 1 aromatic carbocycles. The van der Waals surface area contributed by atoms with E-state index < -0.39 is 90.6 Å². The average Bonchev–Trinajstić information content (AvgIpc) is 3.15. The zero-order valence-electron chi connectivity index (χ0n) is 32.6. The molecule has 1 saturated carbocycles. The quantitative estimate of drug-likeness (QED) is 0.193. The Balaban J connectivity index is 1.54. The third kappa shape index (κ3) is 15.5. The van der Waals surface area contributed by atoms with Crippen molar-refractivity contribution in [3.8, 4) is 0 Å². The lowest BCUT2D eigenvalue weighted by Gasteiger charge is -2.33. The van der Waals surface area contributed by atoms with Crippen molar-refractivity contribution in [2.75, 3.05) is 39.5 Å². The lowest BCUT2D eigenvalue weighted by Crippen LogP contribution is -2.59. The molecule has 2 saturated heterocycles. The first-order valence-corrected chi connectivity index (χ1v) is 19.7. The first kappa shape index (κ1) is 45.4. The summed E-state index contributed by atoms with van der Waals surface area (Å²) in [4.78, 5) is 81.3. The molecular weight excluding hydrogens is 755 g/mol. The lowest BCUT2D eigenvalue weighted by molar-refractivity contribution is -0.175. The Morgan fingerprint density at radius 1 is 0.982 bits per heavy atom. The van der Waals surface area contributed by atoms with Crippen molar-refractivity contribution in [1.82, 2.24) is 26.2 Å². The number of hydrogen-bond acceptors (Lipinski definition) is 11. The molecule has 2 heterocycles. The van der Waals surface area contributed by atoms with E-state index in [1.165, 1.54) is 13.8 Å². The number of aliphatic hydroxyl groups is 1. The first-order valence-electron chi connectivity index (χ1n) is 19.7. The van der Waals surface area contributed by atoms with Crippen molar-refractivity contribution in [1.29, 1.82) is 0 Å². The monoisotopic (exact) mass is 811 g/mol. The molecule has 0 bridgehead atoms. The molecule has 18 heteroatoms. The largest absolute Gasteiger partial charge is 0.471 e. The van der Waals surface area contributed by atoms with Gasteiger partial charge >= 0.3 is 24.0 Å². The van der Waals surface area contributed by atoms with Crippen LogP contribution in [0.2, 0.25) is 0 Å². The van der Waals surface area contributed by atoms with Crippen molar-refractivity contribution in [3.05, 3.63) is 35.9 Å². The van der Waals surface area contributed by atoms with Crippen molar-refractivity contribution < 1.29 is 61.3 Å². The van der Waals surface area contributed by atoms with Gasteiger partial charge in [0, 0.05) is 44.4 Å². The Kier molecular flexibility index (Phi) is 17.1. The summed E-state index contributed by atoms with van der Waals surface area (Å²) in [7, 11) is 0. The Hall–Kier alpha value is -4.29. The van der Waals surface area contributed by atoms with Crippen molar-refractivity contribution >= 4 is 35.6 Å². The summed E-state index contributed by atoms with van der Waals surface area (Å²) < 4.78 is 55.5. The molecule has 0 aromatic heterocycles. The molecule has 15 nitrogen and oxygen atoms in total. The number of rotatable bonds is 12. The predicted molar refractivity (Wildman–Crippen MR) is 198 cm³/mol. The van der Waals surface area contributed by atoms with Crippen LogP contribution in [0.25, 0.3) is 0 Å². The highest BCUT2D eigenvalue weighted by Crippen LogP contribution is 2.28. The second-order valence-corrected chi connectivity index (χ2v) is 15.7. The van der Waals surface area contributed by atoms with E-state index in [-0.39, 0.29) is 31.6 Å². The van der Waals surface area contributed by atoms with Crippen LogP contribution >= 0.6 is 0 Å². The van der Waals surface area contributed by atoms with Crippen LogP contribution in [0.3, 0.4) is 0 Å². The third-order valence-corrected chi connectivity index (χ3v) is 10.3. The number of carbonyl (C=O) groups excluding carboxylic acids is 6. The second kappa shape index (κ2) is 21.5. The minimum atomic E-state index is -5.18. The molecule has 4 amide bonds. The Morgan fingerprint density at radius 2 is 1.67 bits per heavy atom. The van der Waals surface area contributed by atoms with Crippen LogP contribution in [0.4, 0.5) is 13.2 Å². The van der Waals surface area contributed by atoms with Gasteiger partial charge in [-0.3, -0.25) is 28.9 Å². The second-order valence-electron chi connectivity index (χ2n) is 15.7. The van der Waals surface area contributed by atoms with Crippen molar-refractivity contribution in [3.63, 3.8) is 0 Å². The van der Waals surface area contributed by atoms with Gasteiger partial charge in [0.05, 0.1) is 19.3 Å². The number of aliphatic hydroxyl groups excluding tert-OH is 1. The number of ether oxygens (including phenoxy) is 3. The highest BCUT2D eigenvalue weighted by Gasteiger charge is 2.42.